The molecule has 3 rings (SSSR count). The number of benzene rings is 1. The largest absolute Gasteiger partial charge is 0.477 e. The van der Waals surface area contributed by atoms with E-state index < -0.39 is 5.97 Å². The molecule has 0 saturated heterocycles. The van der Waals surface area contributed by atoms with E-state index in [1.807, 2.05) is 0 Å². The van der Waals surface area contributed by atoms with Crippen molar-refractivity contribution in [2.75, 3.05) is 0 Å². The summed E-state index contributed by atoms with van der Waals surface area (Å²) < 4.78 is 2.24. The molecule has 7 heteroatoms. The van der Waals surface area contributed by atoms with Crippen LogP contribution in [-0.4, -0.2) is 25.8 Å². The molecule has 0 saturated carbocycles. The summed E-state index contributed by atoms with van der Waals surface area (Å²) >= 11 is 7.27. The molecular formula is C12H8ClN3O2S. The van der Waals surface area contributed by atoms with Gasteiger partial charge in [0.1, 0.15) is 0 Å². The van der Waals surface area contributed by atoms with Gasteiger partial charge in [-0.25, -0.2) is 9.78 Å². The van der Waals surface area contributed by atoms with Crippen LogP contribution in [0.15, 0.2) is 24.3 Å². The number of aromatic carboxylic acids is 1. The number of carboxylic acids is 1. The molecule has 2 aromatic heterocycles. The van der Waals surface area contributed by atoms with Crippen molar-refractivity contribution < 1.29 is 9.90 Å². The van der Waals surface area contributed by atoms with Gasteiger partial charge in [0.05, 0.1) is 15.9 Å². The molecule has 0 spiro atoms. The van der Waals surface area contributed by atoms with E-state index in [1.165, 1.54) is 22.1 Å². The van der Waals surface area contributed by atoms with Gasteiger partial charge < -0.3 is 5.11 Å². The van der Waals surface area contributed by atoms with Crippen LogP contribution in [0, 0.1) is 6.92 Å². The number of hydrogen-bond acceptors (Lipinski definition) is 4. The van der Waals surface area contributed by atoms with Crippen LogP contribution in [0.4, 0.5) is 0 Å². The summed E-state index contributed by atoms with van der Waals surface area (Å²) in [5, 5.41) is 14.5. The van der Waals surface area contributed by atoms with E-state index in [0.29, 0.717) is 15.8 Å². The predicted octanol–water partition coefficient (Wildman–Crippen LogP) is 3.14. The minimum atomic E-state index is -1.03. The lowest BCUT2D eigenvalue weighted by atomic mass is 10.3. The number of carbonyl (C=O) groups is 1. The number of nitrogens with zero attached hydrogens (tertiary/aromatic N) is 3. The van der Waals surface area contributed by atoms with Gasteiger partial charge in [0.15, 0.2) is 5.69 Å². The normalized spacial score (nSPS) is 11.1. The van der Waals surface area contributed by atoms with E-state index in [2.05, 4.69) is 10.1 Å². The molecule has 1 N–H and O–H groups in total. The van der Waals surface area contributed by atoms with Gasteiger partial charge in [0, 0.05) is 5.02 Å². The maximum atomic E-state index is 11.2. The van der Waals surface area contributed by atoms with Crippen molar-refractivity contribution in [3.8, 4) is 5.13 Å². The van der Waals surface area contributed by atoms with Gasteiger partial charge in [-0.15, -0.1) is 0 Å². The Balaban J connectivity index is 2.21. The number of thiazole rings is 1. The highest BCUT2D eigenvalue weighted by molar-refractivity contribution is 7.20. The zero-order valence-electron chi connectivity index (χ0n) is 9.79. The zero-order chi connectivity index (χ0) is 13.6. The second-order valence-corrected chi connectivity index (χ2v) is 5.44. The summed E-state index contributed by atoms with van der Waals surface area (Å²) in [5.41, 5.74) is 1.51. The number of rotatable bonds is 2. The first-order valence-electron chi connectivity index (χ1n) is 5.41. The lowest BCUT2D eigenvalue weighted by molar-refractivity contribution is 0.0687. The monoisotopic (exact) mass is 293 g/mol. The van der Waals surface area contributed by atoms with Crippen molar-refractivity contribution in [3.63, 3.8) is 0 Å². The van der Waals surface area contributed by atoms with Crippen LogP contribution in [0.25, 0.3) is 15.3 Å². The van der Waals surface area contributed by atoms with Crippen molar-refractivity contribution in [3.05, 3.63) is 40.7 Å². The van der Waals surface area contributed by atoms with E-state index >= 15 is 0 Å². The summed E-state index contributed by atoms with van der Waals surface area (Å²) in [6.45, 7) is 1.74. The van der Waals surface area contributed by atoms with Crippen molar-refractivity contribution >= 4 is 39.1 Å². The van der Waals surface area contributed by atoms with Gasteiger partial charge in [-0.2, -0.15) is 9.78 Å². The molecule has 2 heterocycles. The average Bonchev–Trinajstić information content (AvgIpc) is 2.91. The third-order valence-electron chi connectivity index (χ3n) is 2.57. The highest BCUT2D eigenvalue weighted by atomic mass is 35.5. The lowest BCUT2D eigenvalue weighted by Gasteiger charge is -1.97. The second-order valence-electron chi connectivity index (χ2n) is 4.00. The molecule has 0 aliphatic heterocycles. The Morgan fingerprint density at radius 2 is 2.21 bits per heavy atom. The number of aryl methyl sites for hydroxylation is 1. The molecule has 0 aliphatic carbocycles. The third-order valence-corrected chi connectivity index (χ3v) is 3.80. The molecule has 96 valence electrons. The van der Waals surface area contributed by atoms with Gasteiger partial charge >= 0.3 is 5.97 Å². The average molecular weight is 294 g/mol. The second kappa shape index (κ2) is 4.32. The van der Waals surface area contributed by atoms with Gasteiger partial charge in [0.25, 0.3) is 0 Å². The summed E-state index contributed by atoms with van der Waals surface area (Å²) in [7, 11) is 0. The van der Waals surface area contributed by atoms with Crippen molar-refractivity contribution in [2.24, 2.45) is 0 Å². The molecule has 5 nitrogen and oxygen atoms in total. The van der Waals surface area contributed by atoms with Crippen LogP contribution in [0.1, 0.15) is 16.2 Å². The fourth-order valence-corrected chi connectivity index (χ4v) is 2.98. The summed E-state index contributed by atoms with van der Waals surface area (Å²) in [6, 6.07) is 6.87. The number of aromatic nitrogens is 3. The first-order chi connectivity index (χ1) is 9.04. The Labute approximate surface area is 117 Å². The molecular weight excluding hydrogens is 286 g/mol. The van der Waals surface area contributed by atoms with Crippen LogP contribution in [-0.2, 0) is 0 Å². The van der Waals surface area contributed by atoms with E-state index in [9.17, 15) is 4.79 Å². The summed E-state index contributed by atoms with van der Waals surface area (Å²) in [5.74, 6) is -1.03. The molecule has 0 unspecified atom stereocenters. The van der Waals surface area contributed by atoms with E-state index in [-0.39, 0.29) is 5.69 Å². The molecule has 19 heavy (non-hydrogen) atoms. The third kappa shape index (κ3) is 2.09. The Hall–Kier alpha value is -1.92. The number of hydrogen-bond donors (Lipinski definition) is 1. The quantitative estimate of drug-likeness (QED) is 0.788. The van der Waals surface area contributed by atoms with Gasteiger partial charge in [0.2, 0.25) is 5.13 Å². The van der Waals surface area contributed by atoms with Gasteiger partial charge in [-0.1, -0.05) is 22.9 Å². The molecule has 3 aromatic rings. The van der Waals surface area contributed by atoms with Crippen LogP contribution in [0.3, 0.4) is 0 Å². The fraction of sp³-hybridized carbons (Fsp3) is 0.0833. The standard InChI is InChI=1S/C12H8ClN3O2S/c1-6-4-9(11(17)18)16(15-6)12-14-8-3-2-7(13)5-10(8)19-12/h2-5H,1H3,(H,17,18). The molecule has 0 bridgehead atoms. The minimum absolute atomic E-state index is 0.0997. The number of carboxylic acid groups (broad SMARTS) is 1. The van der Waals surface area contributed by atoms with Gasteiger partial charge in [-0.3, -0.25) is 0 Å². The molecule has 0 fully saturated rings. The molecule has 0 radical (unpaired) electrons. The van der Waals surface area contributed by atoms with Crippen LogP contribution in [0.2, 0.25) is 5.02 Å². The van der Waals surface area contributed by atoms with E-state index in [4.69, 9.17) is 16.7 Å². The van der Waals surface area contributed by atoms with Crippen LogP contribution < -0.4 is 0 Å². The van der Waals surface area contributed by atoms with Gasteiger partial charge in [-0.05, 0) is 31.2 Å². The highest BCUT2D eigenvalue weighted by Gasteiger charge is 2.17. The maximum absolute atomic E-state index is 11.2. The molecule has 1 aromatic carbocycles. The summed E-state index contributed by atoms with van der Waals surface area (Å²) in [6.07, 6.45) is 0. The molecule has 0 atom stereocenters. The van der Waals surface area contributed by atoms with Crippen molar-refractivity contribution in [1.82, 2.24) is 14.8 Å². The fourth-order valence-electron chi connectivity index (χ4n) is 1.77. The first-order valence-corrected chi connectivity index (χ1v) is 6.60. The Morgan fingerprint density at radius 1 is 1.42 bits per heavy atom. The predicted molar refractivity (Wildman–Crippen MR) is 73.4 cm³/mol. The van der Waals surface area contributed by atoms with Crippen LogP contribution in [0.5, 0.6) is 0 Å². The Morgan fingerprint density at radius 3 is 2.95 bits per heavy atom. The van der Waals surface area contributed by atoms with E-state index in [1.54, 1.807) is 25.1 Å². The topological polar surface area (TPSA) is 68.0 Å². The Bertz CT molecular complexity index is 793. The van der Waals surface area contributed by atoms with Crippen molar-refractivity contribution in [1.29, 1.82) is 0 Å². The number of halogens is 1. The minimum Gasteiger partial charge on any atom is -0.477 e. The van der Waals surface area contributed by atoms with Crippen LogP contribution >= 0.6 is 22.9 Å². The zero-order valence-corrected chi connectivity index (χ0v) is 11.4. The maximum Gasteiger partial charge on any atom is 0.354 e. The molecule has 0 aliphatic rings. The van der Waals surface area contributed by atoms with Crippen molar-refractivity contribution in [2.45, 2.75) is 6.92 Å². The Kier molecular flexibility index (Phi) is 2.76. The number of fused-ring (bicyclic) bond motifs is 1. The lowest BCUT2D eigenvalue weighted by Crippen LogP contribution is -2.07. The first kappa shape index (κ1) is 12.1. The summed E-state index contributed by atoms with van der Waals surface area (Å²) in [4.78, 5) is 15.6. The smallest absolute Gasteiger partial charge is 0.354 e. The SMILES string of the molecule is Cc1cc(C(=O)O)n(-c2nc3ccc(Cl)cc3s2)n1. The molecule has 0 amide bonds. The highest BCUT2D eigenvalue weighted by Crippen LogP contribution is 2.28. The van der Waals surface area contributed by atoms with E-state index in [0.717, 1.165) is 10.2 Å².